The van der Waals surface area contributed by atoms with Crippen molar-refractivity contribution in [2.45, 2.75) is 30.1 Å². The van der Waals surface area contributed by atoms with Gasteiger partial charge in [0, 0.05) is 36.4 Å². The van der Waals surface area contributed by atoms with Crippen LogP contribution in [0.3, 0.4) is 0 Å². The summed E-state index contributed by atoms with van der Waals surface area (Å²) in [6.07, 6.45) is 8.95. The monoisotopic (exact) mass is 397 g/mol. The highest BCUT2D eigenvalue weighted by molar-refractivity contribution is 7.90. The van der Waals surface area contributed by atoms with Crippen molar-refractivity contribution in [3.8, 4) is 11.3 Å². The Hall–Kier alpha value is -2.77. The van der Waals surface area contributed by atoms with Crippen molar-refractivity contribution in [2.24, 2.45) is 0 Å². The van der Waals surface area contributed by atoms with Crippen LogP contribution in [0.25, 0.3) is 27.1 Å². The molecular formula is C18H19N7O2S. The van der Waals surface area contributed by atoms with E-state index in [-0.39, 0.29) is 11.8 Å². The Bertz CT molecular complexity index is 1190. The van der Waals surface area contributed by atoms with Crippen molar-refractivity contribution in [3.05, 3.63) is 42.4 Å². The molecule has 0 spiro atoms. The number of hydrogen-bond acceptors (Lipinski definition) is 5. The van der Waals surface area contributed by atoms with Gasteiger partial charge in [0.05, 0.1) is 17.1 Å². The lowest BCUT2D eigenvalue weighted by Crippen LogP contribution is -2.42. The largest absolute Gasteiger partial charge is 0.346 e. The van der Waals surface area contributed by atoms with Crippen molar-refractivity contribution in [2.75, 3.05) is 19.6 Å². The summed E-state index contributed by atoms with van der Waals surface area (Å²) in [5.41, 5.74) is 1.68. The minimum absolute atomic E-state index is 0.189. The molecule has 0 aromatic carbocycles. The van der Waals surface area contributed by atoms with E-state index in [9.17, 15) is 8.42 Å². The SMILES string of the molecule is [C-]#[N+]CC1(n2cc(-c3ncnc4[nH]ccc34)cn2)CCN(S(=O)(=O)C2CC2)C1. The number of hydrogen-bond donors (Lipinski definition) is 1. The van der Waals surface area contributed by atoms with Crippen molar-refractivity contribution in [1.82, 2.24) is 29.0 Å². The van der Waals surface area contributed by atoms with Crippen molar-refractivity contribution in [1.29, 1.82) is 0 Å². The molecule has 2 aliphatic rings. The average Bonchev–Trinajstić information content (AvgIpc) is 3.11. The summed E-state index contributed by atoms with van der Waals surface area (Å²) < 4.78 is 28.6. The van der Waals surface area contributed by atoms with Crippen molar-refractivity contribution >= 4 is 21.1 Å². The van der Waals surface area contributed by atoms with Gasteiger partial charge in [0.25, 0.3) is 0 Å². The zero-order chi connectivity index (χ0) is 19.4. The molecule has 2 fully saturated rings. The average molecular weight is 397 g/mol. The molecule has 5 rings (SSSR count). The van der Waals surface area contributed by atoms with Crippen LogP contribution >= 0.6 is 0 Å². The third-order valence-corrected chi connectivity index (χ3v) is 8.02. The van der Waals surface area contributed by atoms with Crippen LogP contribution in [0, 0.1) is 6.57 Å². The fraction of sp³-hybridized carbons (Fsp3) is 0.444. The van der Waals surface area contributed by atoms with E-state index in [4.69, 9.17) is 6.57 Å². The number of nitrogens with zero attached hydrogens (tertiary/aromatic N) is 6. The molecule has 1 aliphatic carbocycles. The number of nitrogens with one attached hydrogen (secondary N) is 1. The number of fused-ring (bicyclic) bond motifs is 1. The lowest BCUT2D eigenvalue weighted by Gasteiger charge is -2.24. The molecule has 9 nitrogen and oxygen atoms in total. The van der Waals surface area contributed by atoms with Gasteiger partial charge in [0.2, 0.25) is 16.6 Å². The van der Waals surface area contributed by atoms with Crippen LogP contribution in [-0.4, -0.2) is 62.3 Å². The van der Waals surface area contributed by atoms with Gasteiger partial charge >= 0.3 is 0 Å². The highest BCUT2D eigenvalue weighted by Crippen LogP contribution is 2.38. The van der Waals surface area contributed by atoms with E-state index in [1.54, 1.807) is 15.2 Å². The Morgan fingerprint density at radius 2 is 2.21 bits per heavy atom. The molecule has 0 amide bonds. The third-order valence-electron chi connectivity index (χ3n) is 5.67. The van der Waals surface area contributed by atoms with Crippen LogP contribution in [0.5, 0.6) is 0 Å². The van der Waals surface area contributed by atoms with Gasteiger partial charge < -0.3 is 9.83 Å². The number of H-pyrrole nitrogens is 1. The maximum Gasteiger partial charge on any atom is 0.240 e. The summed E-state index contributed by atoms with van der Waals surface area (Å²) in [7, 11) is -3.26. The maximum absolute atomic E-state index is 12.7. The molecule has 1 atom stereocenters. The first-order valence-corrected chi connectivity index (χ1v) is 10.7. The Labute approximate surface area is 162 Å². The summed E-state index contributed by atoms with van der Waals surface area (Å²) in [6.45, 7) is 8.32. The third kappa shape index (κ3) is 2.62. The summed E-state index contributed by atoms with van der Waals surface area (Å²) in [4.78, 5) is 15.3. The molecule has 4 heterocycles. The second-order valence-electron chi connectivity index (χ2n) is 7.50. The maximum atomic E-state index is 12.7. The molecule has 1 N–H and O–H groups in total. The van der Waals surface area contributed by atoms with E-state index in [0.29, 0.717) is 19.5 Å². The van der Waals surface area contributed by atoms with E-state index in [2.05, 4.69) is 24.9 Å². The van der Waals surface area contributed by atoms with Gasteiger partial charge in [0.1, 0.15) is 17.5 Å². The summed E-state index contributed by atoms with van der Waals surface area (Å²) in [5, 5.41) is 5.17. The standard InChI is InChI=1S/C18H19N7O2S/c1-19-10-18(5-7-24(11-18)28(26,27)14-2-3-14)25-9-13(8-23-25)16-15-4-6-20-17(15)22-12-21-16/h4,6,8-9,12,14H,2-3,5,7,10-11H2,(H,20,21,22). The Morgan fingerprint density at radius 1 is 1.36 bits per heavy atom. The lowest BCUT2D eigenvalue weighted by atomic mass is 9.99. The van der Waals surface area contributed by atoms with E-state index in [1.165, 1.54) is 6.33 Å². The first-order valence-electron chi connectivity index (χ1n) is 9.19. The zero-order valence-electron chi connectivity index (χ0n) is 15.1. The fourth-order valence-corrected chi connectivity index (χ4v) is 5.88. The smallest absolute Gasteiger partial charge is 0.240 e. The molecule has 10 heteroatoms. The zero-order valence-corrected chi connectivity index (χ0v) is 15.9. The minimum atomic E-state index is -3.26. The van der Waals surface area contributed by atoms with E-state index < -0.39 is 15.6 Å². The van der Waals surface area contributed by atoms with Crippen LogP contribution in [0.1, 0.15) is 19.3 Å². The highest BCUT2D eigenvalue weighted by atomic mass is 32.2. The molecule has 28 heavy (non-hydrogen) atoms. The van der Waals surface area contributed by atoms with E-state index in [0.717, 1.165) is 35.1 Å². The second kappa shape index (κ2) is 6.12. The van der Waals surface area contributed by atoms with Crippen LogP contribution in [0.15, 0.2) is 31.0 Å². The quantitative estimate of drug-likeness (QED) is 0.660. The predicted molar refractivity (Wildman–Crippen MR) is 103 cm³/mol. The molecule has 0 radical (unpaired) electrons. The number of aromatic nitrogens is 5. The first-order chi connectivity index (χ1) is 13.5. The molecule has 1 saturated carbocycles. The molecular weight excluding hydrogens is 378 g/mol. The highest BCUT2D eigenvalue weighted by Gasteiger charge is 2.50. The van der Waals surface area contributed by atoms with E-state index in [1.807, 2.05) is 18.5 Å². The van der Waals surface area contributed by atoms with Gasteiger partial charge in [-0.15, -0.1) is 0 Å². The molecule has 1 aliphatic heterocycles. The van der Waals surface area contributed by atoms with Crippen LogP contribution in [0.4, 0.5) is 0 Å². The minimum Gasteiger partial charge on any atom is -0.346 e. The second-order valence-corrected chi connectivity index (χ2v) is 9.72. The van der Waals surface area contributed by atoms with Crippen LogP contribution in [-0.2, 0) is 15.6 Å². The Kier molecular flexibility index (Phi) is 3.79. The lowest BCUT2D eigenvalue weighted by molar-refractivity contribution is 0.294. The summed E-state index contributed by atoms with van der Waals surface area (Å²) in [6, 6.07) is 1.91. The molecule has 144 valence electrons. The predicted octanol–water partition coefficient (Wildman–Crippen LogP) is 1.63. The van der Waals surface area contributed by atoms with Gasteiger partial charge in [0.15, 0.2) is 0 Å². The topological polar surface area (TPSA) is 101 Å². The molecule has 1 unspecified atom stereocenters. The summed E-state index contributed by atoms with van der Waals surface area (Å²) in [5.74, 6) is 0. The molecule has 0 bridgehead atoms. The van der Waals surface area contributed by atoms with Gasteiger partial charge in [-0.3, -0.25) is 4.68 Å². The van der Waals surface area contributed by atoms with Crippen molar-refractivity contribution < 1.29 is 8.42 Å². The molecule has 3 aromatic heterocycles. The molecule has 3 aromatic rings. The van der Waals surface area contributed by atoms with Gasteiger partial charge in [-0.1, -0.05) is 0 Å². The Balaban J connectivity index is 1.51. The van der Waals surface area contributed by atoms with Crippen LogP contribution < -0.4 is 0 Å². The van der Waals surface area contributed by atoms with Crippen LogP contribution in [0.2, 0.25) is 0 Å². The fourth-order valence-electron chi connectivity index (χ4n) is 3.96. The molecule has 1 saturated heterocycles. The van der Waals surface area contributed by atoms with Gasteiger partial charge in [-0.2, -0.15) is 9.40 Å². The van der Waals surface area contributed by atoms with E-state index >= 15 is 0 Å². The first kappa shape index (κ1) is 17.3. The van der Waals surface area contributed by atoms with Crippen molar-refractivity contribution in [3.63, 3.8) is 0 Å². The number of rotatable bonds is 5. The number of aromatic amines is 1. The van der Waals surface area contributed by atoms with Gasteiger partial charge in [-0.25, -0.2) is 25.0 Å². The normalized spacial score (nSPS) is 23.2. The Morgan fingerprint density at radius 3 is 3.00 bits per heavy atom. The summed E-state index contributed by atoms with van der Waals surface area (Å²) >= 11 is 0. The van der Waals surface area contributed by atoms with Gasteiger partial charge in [-0.05, 0) is 25.3 Å². The number of sulfonamides is 1.